The first-order valence-electron chi connectivity index (χ1n) is 5.71. The number of aromatic carboxylic acids is 1. The summed E-state index contributed by atoms with van der Waals surface area (Å²) in [6, 6.07) is 2.92. The van der Waals surface area contributed by atoms with Crippen molar-refractivity contribution in [3.8, 4) is 0 Å². The summed E-state index contributed by atoms with van der Waals surface area (Å²) in [6.45, 7) is 0.491. The lowest BCUT2D eigenvalue weighted by Gasteiger charge is -2.06. The van der Waals surface area contributed by atoms with Crippen LogP contribution in [0.15, 0.2) is 18.3 Å². The van der Waals surface area contributed by atoms with Crippen LogP contribution in [0.25, 0.3) is 0 Å². The maximum Gasteiger partial charge on any atom is 0.358 e. The summed E-state index contributed by atoms with van der Waals surface area (Å²) < 4.78 is 1.31. The quantitative estimate of drug-likeness (QED) is 0.795. The molecular weight excluding hydrogens is 321 g/mol. The highest BCUT2D eigenvalue weighted by atomic mass is 35.5. The number of rotatable bonds is 5. The second kappa shape index (κ2) is 6.51. The van der Waals surface area contributed by atoms with Gasteiger partial charge in [0.25, 0.3) is 5.91 Å². The summed E-state index contributed by atoms with van der Waals surface area (Å²) in [5.41, 5.74) is 0.0390. The molecule has 2 aromatic heterocycles. The van der Waals surface area contributed by atoms with E-state index in [1.807, 2.05) is 0 Å². The molecule has 2 N–H and O–H groups in total. The van der Waals surface area contributed by atoms with E-state index < -0.39 is 11.9 Å². The second-order valence-corrected chi connectivity index (χ2v) is 4.65. The molecule has 2 heterocycles. The lowest BCUT2D eigenvalue weighted by Crippen LogP contribution is -2.27. The van der Waals surface area contributed by atoms with Gasteiger partial charge in [0.05, 0.1) is 18.3 Å². The van der Waals surface area contributed by atoms with Crippen molar-refractivity contribution in [2.75, 3.05) is 6.54 Å². The molecule has 0 atom stereocenters. The van der Waals surface area contributed by atoms with Crippen molar-refractivity contribution in [2.45, 2.75) is 6.54 Å². The van der Waals surface area contributed by atoms with E-state index in [9.17, 15) is 9.59 Å². The summed E-state index contributed by atoms with van der Waals surface area (Å²) in [7, 11) is 0. The van der Waals surface area contributed by atoms with E-state index in [0.29, 0.717) is 0 Å². The molecule has 0 radical (unpaired) electrons. The lowest BCUT2D eigenvalue weighted by atomic mass is 10.2. The Hall–Kier alpha value is -2.19. The second-order valence-electron chi connectivity index (χ2n) is 3.90. The van der Waals surface area contributed by atoms with Crippen molar-refractivity contribution in [1.82, 2.24) is 25.3 Å². The number of nitrogens with zero attached hydrogens (tertiary/aromatic N) is 4. The zero-order valence-corrected chi connectivity index (χ0v) is 12.0. The van der Waals surface area contributed by atoms with Gasteiger partial charge >= 0.3 is 5.97 Å². The molecule has 0 aliphatic carbocycles. The van der Waals surface area contributed by atoms with Crippen molar-refractivity contribution in [1.29, 1.82) is 0 Å². The highest BCUT2D eigenvalue weighted by Crippen LogP contribution is 2.16. The number of carbonyl (C=O) groups is 2. The molecule has 8 nitrogen and oxygen atoms in total. The molecule has 2 rings (SSSR count). The SMILES string of the molecule is O=C(O)c1cn(CCNC(=O)c2ccc(Cl)nc2Cl)nn1. The number of aromatic nitrogens is 4. The van der Waals surface area contributed by atoms with Crippen LogP contribution in [0.3, 0.4) is 0 Å². The number of nitrogens with one attached hydrogen (secondary N) is 1. The number of carbonyl (C=O) groups excluding carboxylic acids is 1. The number of amides is 1. The zero-order chi connectivity index (χ0) is 15.4. The fourth-order valence-electron chi connectivity index (χ4n) is 1.47. The van der Waals surface area contributed by atoms with Crippen molar-refractivity contribution >= 4 is 35.1 Å². The molecule has 0 saturated carbocycles. The van der Waals surface area contributed by atoms with E-state index in [4.69, 9.17) is 28.3 Å². The monoisotopic (exact) mass is 329 g/mol. The van der Waals surface area contributed by atoms with Gasteiger partial charge in [0.15, 0.2) is 5.69 Å². The first kappa shape index (κ1) is 15.2. The first-order valence-corrected chi connectivity index (χ1v) is 6.46. The summed E-state index contributed by atoms with van der Waals surface area (Å²) in [5, 5.41) is 18.6. The Morgan fingerprint density at radius 1 is 1.33 bits per heavy atom. The van der Waals surface area contributed by atoms with Crippen molar-refractivity contribution in [2.24, 2.45) is 0 Å². The van der Waals surface area contributed by atoms with Crippen LogP contribution in [0.2, 0.25) is 10.3 Å². The molecule has 0 bridgehead atoms. The topological polar surface area (TPSA) is 110 Å². The molecule has 2 aromatic rings. The highest BCUT2D eigenvalue weighted by Gasteiger charge is 2.12. The molecule has 110 valence electrons. The Kier molecular flexibility index (Phi) is 4.71. The molecule has 0 aliphatic heterocycles. The third kappa shape index (κ3) is 3.89. The van der Waals surface area contributed by atoms with Gasteiger partial charge in [-0.1, -0.05) is 28.4 Å². The van der Waals surface area contributed by atoms with Gasteiger partial charge in [-0.15, -0.1) is 5.10 Å². The fourth-order valence-corrected chi connectivity index (χ4v) is 1.90. The minimum atomic E-state index is -1.16. The maximum absolute atomic E-state index is 11.9. The minimum Gasteiger partial charge on any atom is -0.476 e. The lowest BCUT2D eigenvalue weighted by molar-refractivity contribution is 0.0690. The maximum atomic E-state index is 11.9. The number of hydrogen-bond donors (Lipinski definition) is 2. The van der Waals surface area contributed by atoms with E-state index in [0.717, 1.165) is 0 Å². The van der Waals surface area contributed by atoms with Crippen LogP contribution in [0.1, 0.15) is 20.8 Å². The number of pyridine rings is 1. The average molecular weight is 330 g/mol. The van der Waals surface area contributed by atoms with Crippen LogP contribution < -0.4 is 5.32 Å². The number of hydrogen-bond acceptors (Lipinski definition) is 5. The van der Waals surface area contributed by atoms with Gasteiger partial charge in [0.2, 0.25) is 0 Å². The van der Waals surface area contributed by atoms with Gasteiger partial charge in [0, 0.05) is 6.54 Å². The smallest absolute Gasteiger partial charge is 0.358 e. The third-order valence-electron chi connectivity index (χ3n) is 2.44. The van der Waals surface area contributed by atoms with Gasteiger partial charge in [-0.2, -0.15) is 0 Å². The van der Waals surface area contributed by atoms with Crippen molar-refractivity contribution < 1.29 is 14.7 Å². The predicted molar refractivity (Wildman–Crippen MR) is 73.6 cm³/mol. The number of carboxylic acids is 1. The first-order chi connectivity index (χ1) is 9.97. The molecule has 0 aliphatic rings. The van der Waals surface area contributed by atoms with Crippen molar-refractivity contribution in [3.63, 3.8) is 0 Å². The normalized spacial score (nSPS) is 10.4. The molecule has 10 heteroatoms. The van der Waals surface area contributed by atoms with Gasteiger partial charge in [-0.05, 0) is 12.1 Å². The number of halogens is 2. The molecule has 0 fully saturated rings. The van der Waals surface area contributed by atoms with E-state index in [-0.39, 0.29) is 34.7 Å². The van der Waals surface area contributed by atoms with Crippen LogP contribution in [0.5, 0.6) is 0 Å². The molecule has 21 heavy (non-hydrogen) atoms. The molecular formula is C11H9Cl2N5O3. The Balaban J connectivity index is 1.90. The largest absolute Gasteiger partial charge is 0.476 e. The molecule has 0 aromatic carbocycles. The molecule has 0 spiro atoms. The van der Waals surface area contributed by atoms with Gasteiger partial charge in [0.1, 0.15) is 10.3 Å². The van der Waals surface area contributed by atoms with Crippen LogP contribution in [-0.4, -0.2) is 43.5 Å². The molecule has 0 saturated heterocycles. The van der Waals surface area contributed by atoms with Gasteiger partial charge in [-0.25, -0.2) is 14.5 Å². The zero-order valence-electron chi connectivity index (χ0n) is 10.5. The van der Waals surface area contributed by atoms with Gasteiger partial charge in [-0.3, -0.25) is 4.79 Å². The number of carboxylic acid groups (broad SMARTS) is 1. The predicted octanol–water partition coefficient (Wildman–Crippen LogP) is 1.11. The Bertz CT molecular complexity index is 688. The Labute approximate surface area is 128 Å². The standard InChI is InChI=1S/C11H9Cl2N5O3/c12-8-2-1-6(9(13)15-8)10(19)14-3-4-18-5-7(11(20)21)16-17-18/h1-2,5H,3-4H2,(H,14,19)(H,20,21). The highest BCUT2D eigenvalue weighted by molar-refractivity contribution is 6.34. The minimum absolute atomic E-state index is 0.00826. The fraction of sp³-hybridized carbons (Fsp3) is 0.182. The Morgan fingerprint density at radius 3 is 2.71 bits per heavy atom. The van der Waals surface area contributed by atoms with E-state index in [1.165, 1.54) is 23.0 Å². The van der Waals surface area contributed by atoms with E-state index in [2.05, 4.69) is 20.6 Å². The van der Waals surface area contributed by atoms with Crippen LogP contribution in [0.4, 0.5) is 0 Å². The van der Waals surface area contributed by atoms with Crippen LogP contribution >= 0.6 is 23.2 Å². The van der Waals surface area contributed by atoms with Gasteiger partial charge < -0.3 is 10.4 Å². The van der Waals surface area contributed by atoms with E-state index in [1.54, 1.807) is 0 Å². The summed E-state index contributed by atoms with van der Waals surface area (Å²) in [6.07, 6.45) is 1.27. The van der Waals surface area contributed by atoms with Crippen molar-refractivity contribution in [3.05, 3.63) is 39.9 Å². The molecule has 0 unspecified atom stereocenters. The third-order valence-corrected chi connectivity index (χ3v) is 2.94. The van der Waals surface area contributed by atoms with Crippen LogP contribution in [-0.2, 0) is 6.54 Å². The summed E-state index contributed by atoms with van der Waals surface area (Å²) in [4.78, 5) is 26.3. The van der Waals surface area contributed by atoms with E-state index >= 15 is 0 Å². The molecule has 1 amide bonds. The summed E-state index contributed by atoms with van der Waals surface area (Å²) in [5.74, 6) is -1.58. The van der Waals surface area contributed by atoms with Crippen LogP contribution in [0, 0.1) is 0 Å². The average Bonchev–Trinajstić information content (AvgIpc) is 2.87. The summed E-state index contributed by atoms with van der Waals surface area (Å²) >= 11 is 11.4. The Morgan fingerprint density at radius 2 is 2.10 bits per heavy atom.